The fraction of sp³-hybridized carbons (Fsp3) is 0.0625. The van der Waals surface area contributed by atoms with Gasteiger partial charge in [-0.3, -0.25) is 0 Å². The monoisotopic (exact) mass is 252 g/mol. The van der Waals surface area contributed by atoms with Crippen molar-refractivity contribution in [2.24, 2.45) is 0 Å². The number of rotatable bonds is 1. The van der Waals surface area contributed by atoms with Gasteiger partial charge >= 0.3 is 5.63 Å². The normalized spacial score (nSPS) is 10.8. The molecule has 2 aromatic carbocycles. The van der Waals surface area contributed by atoms with Crippen LogP contribution in [0.3, 0.4) is 0 Å². The number of fused-ring (bicyclic) bond motifs is 1. The molecule has 3 heteroatoms. The van der Waals surface area contributed by atoms with Gasteiger partial charge in [0.15, 0.2) is 0 Å². The van der Waals surface area contributed by atoms with Crippen LogP contribution in [-0.2, 0) is 0 Å². The lowest BCUT2D eigenvalue weighted by atomic mass is 10.0. The first-order valence-electron chi connectivity index (χ1n) is 5.97. The lowest BCUT2D eigenvalue weighted by Gasteiger charge is -2.03. The molecule has 0 fully saturated rings. The molecule has 0 spiro atoms. The van der Waals surface area contributed by atoms with Crippen molar-refractivity contribution in [3.63, 3.8) is 0 Å². The molecule has 19 heavy (non-hydrogen) atoms. The van der Waals surface area contributed by atoms with E-state index in [0.717, 1.165) is 16.5 Å². The van der Waals surface area contributed by atoms with Gasteiger partial charge in [0, 0.05) is 11.5 Å². The van der Waals surface area contributed by atoms with E-state index in [4.69, 9.17) is 4.42 Å². The Kier molecular flexibility index (Phi) is 2.60. The molecule has 0 saturated heterocycles. The number of phenolic OH excluding ortho intramolecular Hbond substituents is 1. The molecule has 3 rings (SSSR count). The average molecular weight is 252 g/mol. The predicted octanol–water partition coefficient (Wildman–Crippen LogP) is 3.47. The van der Waals surface area contributed by atoms with Crippen LogP contribution in [0.5, 0.6) is 5.75 Å². The molecule has 0 saturated carbocycles. The Balaban J connectivity index is 2.24. The van der Waals surface area contributed by atoms with E-state index in [1.807, 2.05) is 31.2 Å². The molecule has 3 nitrogen and oxygen atoms in total. The second kappa shape index (κ2) is 4.28. The van der Waals surface area contributed by atoms with E-state index in [2.05, 4.69) is 0 Å². The molecule has 0 amide bonds. The average Bonchev–Trinajstić information content (AvgIpc) is 2.39. The highest BCUT2D eigenvalue weighted by Crippen LogP contribution is 2.23. The molecule has 3 aromatic rings. The number of phenols is 1. The topological polar surface area (TPSA) is 50.4 Å². The fourth-order valence-corrected chi connectivity index (χ4v) is 2.03. The van der Waals surface area contributed by atoms with Gasteiger partial charge in [-0.05, 0) is 30.7 Å². The molecule has 0 aliphatic carbocycles. The molecular formula is C16H12O3. The quantitative estimate of drug-likeness (QED) is 0.674. The van der Waals surface area contributed by atoms with Crippen LogP contribution in [0, 0.1) is 6.92 Å². The summed E-state index contributed by atoms with van der Waals surface area (Å²) in [5.41, 5.74) is 2.48. The highest BCUT2D eigenvalue weighted by Gasteiger charge is 2.08. The van der Waals surface area contributed by atoms with Gasteiger partial charge in [0.25, 0.3) is 0 Å². The summed E-state index contributed by atoms with van der Waals surface area (Å²) in [4.78, 5) is 12.0. The summed E-state index contributed by atoms with van der Waals surface area (Å²) in [5, 5.41) is 10.2. The number of aryl methyl sites for hydroxylation is 1. The summed E-state index contributed by atoms with van der Waals surface area (Å²) in [6.45, 7) is 2.00. The number of aromatic hydroxyl groups is 1. The Morgan fingerprint density at radius 1 is 1.00 bits per heavy atom. The summed E-state index contributed by atoms with van der Waals surface area (Å²) in [6.07, 6.45) is 0. The summed E-state index contributed by atoms with van der Waals surface area (Å²) in [6, 6.07) is 14.2. The van der Waals surface area contributed by atoms with Crippen molar-refractivity contribution >= 4 is 11.0 Å². The maximum absolute atomic E-state index is 12.0. The van der Waals surface area contributed by atoms with Gasteiger partial charge in [0.05, 0.1) is 5.56 Å². The van der Waals surface area contributed by atoms with Gasteiger partial charge in [-0.25, -0.2) is 4.79 Å². The minimum atomic E-state index is -0.401. The first-order valence-corrected chi connectivity index (χ1v) is 5.97. The van der Waals surface area contributed by atoms with Crippen molar-refractivity contribution in [1.82, 2.24) is 0 Å². The molecule has 0 aliphatic rings. The predicted molar refractivity (Wildman–Crippen MR) is 74.3 cm³/mol. The fourth-order valence-electron chi connectivity index (χ4n) is 2.03. The third kappa shape index (κ3) is 2.10. The Bertz CT molecular complexity index is 798. The van der Waals surface area contributed by atoms with E-state index in [1.165, 1.54) is 6.07 Å². The maximum atomic E-state index is 12.0. The van der Waals surface area contributed by atoms with E-state index in [1.54, 1.807) is 18.2 Å². The number of hydrogen-bond acceptors (Lipinski definition) is 3. The van der Waals surface area contributed by atoms with Crippen LogP contribution in [0.15, 0.2) is 57.7 Å². The van der Waals surface area contributed by atoms with E-state index in [0.29, 0.717) is 11.1 Å². The molecule has 1 heterocycles. The molecule has 0 aliphatic heterocycles. The lowest BCUT2D eigenvalue weighted by Crippen LogP contribution is -2.02. The molecule has 1 aromatic heterocycles. The molecular weight excluding hydrogens is 240 g/mol. The molecule has 94 valence electrons. The number of hydrogen-bond donors (Lipinski definition) is 1. The van der Waals surface area contributed by atoms with E-state index in [9.17, 15) is 9.90 Å². The maximum Gasteiger partial charge on any atom is 0.344 e. The number of benzene rings is 2. The van der Waals surface area contributed by atoms with E-state index >= 15 is 0 Å². The second-order valence-corrected chi connectivity index (χ2v) is 4.54. The Hall–Kier alpha value is -2.55. The highest BCUT2D eigenvalue weighted by atomic mass is 16.4. The van der Waals surface area contributed by atoms with Gasteiger partial charge in [0.1, 0.15) is 11.3 Å². The standard InChI is InChI=1S/C16H12O3/c1-10-2-4-11(5-3-10)14-8-12-6-7-13(17)9-15(12)19-16(14)18/h2-9,17H,1H3. The van der Waals surface area contributed by atoms with Gasteiger partial charge in [-0.2, -0.15) is 0 Å². The van der Waals surface area contributed by atoms with Gasteiger partial charge in [-0.15, -0.1) is 0 Å². The van der Waals surface area contributed by atoms with Crippen LogP contribution in [0.25, 0.3) is 22.1 Å². The summed E-state index contributed by atoms with van der Waals surface area (Å²) in [5.74, 6) is 0.0822. The summed E-state index contributed by atoms with van der Waals surface area (Å²) >= 11 is 0. The van der Waals surface area contributed by atoms with Gasteiger partial charge < -0.3 is 9.52 Å². The van der Waals surface area contributed by atoms with Crippen molar-refractivity contribution < 1.29 is 9.52 Å². The van der Waals surface area contributed by atoms with Crippen molar-refractivity contribution in [3.05, 3.63) is 64.5 Å². The van der Waals surface area contributed by atoms with Crippen LogP contribution < -0.4 is 5.63 Å². The lowest BCUT2D eigenvalue weighted by molar-refractivity contribution is 0.473. The highest BCUT2D eigenvalue weighted by molar-refractivity contribution is 5.82. The molecule has 0 unspecified atom stereocenters. The first-order chi connectivity index (χ1) is 9.13. The largest absolute Gasteiger partial charge is 0.508 e. The van der Waals surface area contributed by atoms with Crippen molar-refractivity contribution in [2.75, 3.05) is 0 Å². The molecule has 0 bridgehead atoms. The third-order valence-electron chi connectivity index (χ3n) is 3.08. The third-order valence-corrected chi connectivity index (χ3v) is 3.08. The van der Waals surface area contributed by atoms with Crippen molar-refractivity contribution in [3.8, 4) is 16.9 Å². The zero-order valence-corrected chi connectivity index (χ0v) is 10.4. The Morgan fingerprint density at radius 3 is 2.47 bits per heavy atom. The van der Waals surface area contributed by atoms with Gasteiger partial charge in [0.2, 0.25) is 0 Å². The molecule has 0 atom stereocenters. The first kappa shape index (κ1) is 11.5. The van der Waals surface area contributed by atoms with E-state index in [-0.39, 0.29) is 5.75 Å². The molecule has 0 radical (unpaired) electrons. The smallest absolute Gasteiger partial charge is 0.344 e. The summed E-state index contributed by atoms with van der Waals surface area (Å²) in [7, 11) is 0. The van der Waals surface area contributed by atoms with Gasteiger partial charge in [-0.1, -0.05) is 29.8 Å². The minimum Gasteiger partial charge on any atom is -0.508 e. The van der Waals surface area contributed by atoms with Crippen molar-refractivity contribution in [2.45, 2.75) is 6.92 Å². The summed E-state index contributed by atoms with van der Waals surface area (Å²) < 4.78 is 5.24. The Morgan fingerprint density at radius 2 is 1.74 bits per heavy atom. The SMILES string of the molecule is Cc1ccc(-c2cc3ccc(O)cc3oc2=O)cc1. The minimum absolute atomic E-state index is 0.0822. The van der Waals surface area contributed by atoms with Crippen LogP contribution in [0.1, 0.15) is 5.56 Å². The van der Waals surface area contributed by atoms with Crippen LogP contribution in [0.4, 0.5) is 0 Å². The van der Waals surface area contributed by atoms with Crippen LogP contribution in [0.2, 0.25) is 0 Å². The van der Waals surface area contributed by atoms with Crippen LogP contribution in [-0.4, -0.2) is 5.11 Å². The zero-order valence-electron chi connectivity index (χ0n) is 10.4. The van der Waals surface area contributed by atoms with E-state index < -0.39 is 5.63 Å². The van der Waals surface area contributed by atoms with Crippen molar-refractivity contribution in [1.29, 1.82) is 0 Å². The van der Waals surface area contributed by atoms with Crippen LogP contribution >= 0.6 is 0 Å². The molecule has 1 N–H and O–H groups in total. The zero-order chi connectivity index (χ0) is 13.4. The second-order valence-electron chi connectivity index (χ2n) is 4.54. The Labute approximate surface area is 109 Å².